The number of esters is 1. The summed E-state index contributed by atoms with van der Waals surface area (Å²) in [6.45, 7) is 8.77. The lowest BCUT2D eigenvalue weighted by molar-refractivity contribution is -0.150. The molecule has 0 spiro atoms. The van der Waals surface area contributed by atoms with E-state index in [2.05, 4.69) is 33.0 Å². The zero-order valence-electron chi connectivity index (χ0n) is 14.4. The highest BCUT2D eigenvalue weighted by Gasteiger charge is 2.49. The van der Waals surface area contributed by atoms with Crippen molar-refractivity contribution in [3.8, 4) is 0 Å². The van der Waals surface area contributed by atoms with Crippen LogP contribution < -0.4 is 5.32 Å². The van der Waals surface area contributed by atoms with Gasteiger partial charge in [0.15, 0.2) is 0 Å². The minimum absolute atomic E-state index is 0.0642. The number of thioether (sulfide) groups is 1. The van der Waals surface area contributed by atoms with Crippen molar-refractivity contribution in [2.24, 2.45) is 11.8 Å². The maximum atomic E-state index is 12.4. The van der Waals surface area contributed by atoms with Crippen LogP contribution in [0.5, 0.6) is 0 Å². The molecule has 0 radical (unpaired) electrons. The Kier molecular flexibility index (Phi) is 8.10. The number of methoxy groups -OCH3 is 1. The van der Waals surface area contributed by atoms with Crippen LogP contribution in [0.4, 0.5) is 0 Å². The second-order valence-electron chi connectivity index (χ2n) is 6.73. The Morgan fingerprint density at radius 1 is 1.43 bits per heavy atom. The lowest BCUT2D eigenvalue weighted by Gasteiger charge is -2.35. The summed E-state index contributed by atoms with van der Waals surface area (Å²) in [4.78, 5) is 12.4. The second kappa shape index (κ2) is 9.04. The maximum absolute atomic E-state index is 12.4. The molecule has 0 aliphatic heterocycles. The van der Waals surface area contributed by atoms with Crippen molar-refractivity contribution in [2.45, 2.75) is 71.4 Å². The van der Waals surface area contributed by atoms with Gasteiger partial charge in [-0.05, 0) is 56.5 Å². The highest BCUT2D eigenvalue weighted by molar-refractivity contribution is 7.99. The molecule has 3 unspecified atom stereocenters. The Hall–Kier alpha value is -0.220. The third-order valence-electron chi connectivity index (χ3n) is 4.63. The largest absolute Gasteiger partial charge is 0.468 e. The first-order chi connectivity index (χ1) is 9.96. The normalized spacial score (nSPS) is 27.0. The van der Waals surface area contributed by atoms with Crippen molar-refractivity contribution in [1.82, 2.24) is 5.32 Å². The molecule has 1 rings (SSSR count). The molecule has 0 aromatic rings. The van der Waals surface area contributed by atoms with Gasteiger partial charge in [0.25, 0.3) is 0 Å². The third kappa shape index (κ3) is 5.17. The summed E-state index contributed by atoms with van der Waals surface area (Å²) in [7, 11) is 1.51. The molecule has 4 heteroatoms. The van der Waals surface area contributed by atoms with Crippen molar-refractivity contribution < 1.29 is 9.53 Å². The van der Waals surface area contributed by atoms with Gasteiger partial charge in [0.2, 0.25) is 0 Å². The van der Waals surface area contributed by atoms with E-state index in [-0.39, 0.29) is 5.97 Å². The SMILES string of the molecule is CCC(C)CSCCC1CCCC1(NC(C)C)C(=O)OC. The Bertz CT molecular complexity index is 322. The van der Waals surface area contributed by atoms with E-state index < -0.39 is 5.54 Å². The fraction of sp³-hybridized carbons (Fsp3) is 0.941. The average molecular weight is 316 g/mol. The zero-order chi connectivity index (χ0) is 15.9. The Morgan fingerprint density at radius 3 is 2.71 bits per heavy atom. The number of ether oxygens (including phenoxy) is 1. The van der Waals surface area contributed by atoms with Crippen molar-refractivity contribution in [2.75, 3.05) is 18.6 Å². The number of hydrogen-bond acceptors (Lipinski definition) is 4. The number of carbonyl (C=O) groups is 1. The standard InChI is InChI=1S/C17H33NO2S/c1-6-14(4)12-21-11-9-15-8-7-10-17(15,16(19)20-5)18-13(2)3/h13-15,18H,6-12H2,1-5H3. The average Bonchev–Trinajstić information content (AvgIpc) is 2.85. The Labute approximate surface area is 135 Å². The summed E-state index contributed by atoms with van der Waals surface area (Å²) in [5.41, 5.74) is -0.445. The van der Waals surface area contributed by atoms with E-state index in [1.54, 1.807) is 0 Å². The number of carbonyl (C=O) groups excluding carboxylic acids is 1. The molecule has 3 nitrogen and oxygen atoms in total. The zero-order valence-corrected chi connectivity index (χ0v) is 15.2. The molecule has 1 aliphatic rings. The molecule has 1 N–H and O–H groups in total. The molecule has 0 heterocycles. The van der Waals surface area contributed by atoms with E-state index in [0.717, 1.165) is 37.4 Å². The molecule has 3 atom stereocenters. The lowest BCUT2D eigenvalue weighted by atomic mass is 9.84. The quantitative estimate of drug-likeness (QED) is 0.518. The van der Waals surface area contributed by atoms with Gasteiger partial charge in [0.05, 0.1) is 7.11 Å². The summed E-state index contributed by atoms with van der Waals surface area (Å²) in [5, 5.41) is 3.53. The first-order valence-electron chi connectivity index (χ1n) is 8.40. The van der Waals surface area contributed by atoms with Crippen LogP contribution in [0.2, 0.25) is 0 Å². The van der Waals surface area contributed by atoms with Crippen LogP contribution in [0.1, 0.15) is 59.8 Å². The van der Waals surface area contributed by atoms with Gasteiger partial charge in [0, 0.05) is 6.04 Å². The Morgan fingerprint density at radius 2 is 2.14 bits per heavy atom. The van der Waals surface area contributed by atoms with Crippen LogP contribution in [0.25, 0.3) is 0 Å². The molecule has 0 aromatic heterocycles. The van der Waals surface area contributed by atoms with E-state index in [0.29, 0.717) is 12.0 Å². The summed E-state index contributed by atoms with van der Waals surface area (Å²) >= 11 is 2.03. The predicted molar refractivity (Wildman–Crippen MR) is 91.8 cm³/mol. The fourth-order valence-electron chi connectivity index (χ4n) is 3.31. The van der Waals surface area contributed by atoms with Crippen molar-refractivity contribution in [1.29, 1.82) is 0 Å². The molecule has 0 bridgehead atoms. The first kappa shape index (κ1) is 18.8. The minimum Gasteiger partial charge on any atom is -0.468 e. The van der Waals surface area contributed by atoms with Crippen LogP contribution in [-0.2, 0) is 9.53 Å². The maximum Gasteiger partial charge on any atom is 0.326 e. The molecule has 1 saturated carbocycles. The van der Waals surface area contributed by atoms with Gasteiger partial charge in [-0.2, -0.15) is 11.8 Å². The topological polar surface area (TPSA) is 38.3 Å². The molecule has 1 aliphatic carbocycles. The third-order valence-corrected chi connectivity index (χ3v) is 5.96. The summed E-state index contributed by atoms with van der Waals surface area (Å²) < 4.78 is 5.12. The van der Waals surface area contributed by atoms with E-state index >= 15 is 0 Å². The molecule has 0 saturated heterocycles. The molecular formula is C17H33NO2S. The number of nitrogens with one attached hydrogen (secondary N) is 1. The fourth-order valence-corrected chi connectivity index (χ4v) is 4.57. The predicted octanol–water partition coefficient (Wildman–Crippen LogP) is 3.87. The van der Waals surface area contributed by atoms with Crippen LogP contribution in [0, 0.1) is 11.8 Å². The summed E-state index contributed by atoms with van der Waals surface area (Å²) in [5.74, 6) is 3.51. The van der Waals surface area contributed by atoms with Gasteiger partial charge < -0.3 is 4.74 Å². The van der Waals surface area contributed by atoms with Gasteiger partial charge in [-0.3, -0.25) is 10.1 Å². The number of rotatable bonds is 9. The van der Waals surface area contributed by atoms with Gasteiger partial charge in [-0.15, -0.1) is 0 Å². The number of hydrogen-bond donors (Lipinski definition) is 1. The van der Waals surface area contributed by atoms with Gasteiger partial charge in [0.1, 0.15) is 5.54 Å². The van der Waals surface area contributed by atoms with Crippen molar-refractivity contribution >= 4 is 17.7 Å². The molecule has 0 amide bonds. The highest BCUT2D eigenvalue weighted by atomic mass is 32.2. The van der Waals surface area contributed by atoms with Gasteiger partial charge in [-0.25, -0.2) is 0 Å². The molecule has 21 heavy (non-hydrogen) atoms. The molecular weight excluding hydrogens is 282 g/mol. The smallest absolute Gasteiger partial charge is 0.326 e. The first-order valence-corrected chi connectivity index (χ1v) is 9.55. The second-order valence-corrected chi connectivity index (χ2v) is 7.88. The summed E-state index contributed by atoms with van der Waals surface area (Å²) in [6.07, 6.45) is 5.53. The molecule has 0 aromatic carbocycles. The van der Waals surface area contributed by atoms with E-state index in [4.69, 9.17) is 4.74 Å². The van der Waals surface area contributed by atoms with Crippen LogP contribution in [0.3, 0.4) is 0 Å². The van der Waals surface area contributed by atoms with Gasteiger partial charge >= 0.3 is 5.97 Å². The van der Waals surface area contributed by atoms with E-state index in [1.807, 2.05) is 11.8 Å². The van der Waals surface area contributed by atoms with E-state index in [1.165, 1.54) is 19.3 Å². The Balaban J connectivity index is 2.59. The van der Waals surface area contributed by atoms with Crippen molar-refractivity contribution in [3.05, 3.63) is 0 Å². The summed E-state index contributed by atoms with van der Waals surface area (Å²) in [6, 6.07) is 0.303. The lowest BCUT2D eigenvalue weighted by Crippen LogP contribution is -2.57. The monoisotopic (exact) mass is 315 g/mol. The highest BCUT2D eigenvalue weighted by Crippen LogP contribution is 2.40. The van der Waals surface area contributed by atoms with E-state index in [9.17, 15) is 4.79 Å². The van der Waals surface area contributed by atoms with Gasteiger partial charge in [-0.1, -0.05) is 26.7 Å². The van der Waals surface area contributed by atoms with Crippen LogP contribution in [-0.4, -0.2) is 36.2 Å². The van der Waals surface area contributed by atoms with Crippen LogP contribution >= 0.6 is 11.8 Å². The molecule has 124 valence electrons. The van der Waals surface area contributed by atoms with Crippen LogP contribution in [0.15, 0.2) is 0 Å². The molecule has 1 fully saturated rings. The van der Waals surface area contributed by atoms with Crippen molar-refractivity contribution in [3.63, 3.8) is 0 Å². The minimum atomic E-state index is -0.445.